The molecule has 6 heteroatoms. The van der Waals surface area contributed by atoms with Crippen LogP contribution in [0.1, 0.15) is 20.8 Å². The number of carbonyl (C=O) groups is 2. The van der Waals surface area contributed by atoms with E-state index in [0.717, 1.165) is 9.79 Å². The zero-order chi connectivity index (χ0) is 14.5. The maximum Gasteiger partial charge on any atom is 0.269 e. The summed E-state index contributed by atoms with van der Waals surface area (Å²) in [5.41, 5.74) is 6.05. The summed E-state index contributed by atoms with van der Waals surface area (Å²) < 4.78 is 0. The number of nitrogens with one attached hydrogen (secondary N) is 1. The molecule has 0 unspecified atom stereocenters. The molecular formula is C14H13N3O2S. The van der Waals surface area contributed by atoms with Crippen molar-refractivity contribution < 1.29 is 9.59 Å². The number of pyridine rings is 1. The third kappa shape index (κ3) is 3.36. The van der Waals surface area contributed by atoms with Gasteiger partial charge in [-0.15, -0.1) is 0 Å². The standard InChI is InChI=1S/C14H13N3O2S/c1-16-14(19)12-8-11(5-6-17-12)20-10-4-2-3-9(7-10)13(15)18/h2-8H,1H3,(H2,15,18)(H,16,19). The number of carbonyl (C=O) groups excluding carboxylic acids is 2. The minimum atomic E-state index is -0.465. The quantitative estimate of drug-likeness (QED) is 0.896. The number of benzene rings is 1. The van der Waals surface area contributed by atoms with Crippen molar-refractivity contribution in [2.45, 2.75) is 9.79 Å². The smallest absolute Gasteiger partial charge is 0.269 e. The average molecular weight is 287 g/mol. The number of hydrogen-bond acceptors (Lipinski definition) is 4. The second-order valence-corrected chi connectivity index (χ2v) is 5.10. The molecule has 0 aliphatic rings. The molecule has 0 aliphatic carbocycles. The molecule has 2 aromatic rings. The monoisotopic (exact) mass is 287 g/mol. The van der Waals surface area contributed by atoms with E-state index in [0.29, 0.717) is 11.3 Å². The Morgan fingerprint density at radius 3 is 2.65 bits per heavy atom. The predicted octanol–water partition coefficient (Wildman–Crippen LogP) is 1.69. The van der Waals surface area contributed by atoms with Gasteiger partial charge in [0.15, 0.2) is 0 Å². The highest BCUT2D eigenvalue weighted by molar-refractivity contribution is 7.99. The van der Waals surface area contributed by atoms with Gasteiger partial charge >= 0.3 is 0 Å². The van der Waals surface area contributed by atoms with E-state index in [1.807, 2.05) is 6.07 Å². The number of nitrogens with two attached hydrogens (primary N) is 1. The van der Waals surface area contributed by atoms with Crippen LogP contribution in [0.5, 0.6) is 0 Å². The molecule has 1 aromatic heterocycles. The molecule has 20 heavy (non-hydrogen) atoms. The number of amides is 2. The van der Waals surface area contributed by atoms with Crippen molar-refractivity contribution >= 4 is 23.6 Å². The highest BCUT2D eigenvalue weighted by Crippen LogP contribution is 2.28. The summed E-state index contributed by atoms with van der Waals surface area (Å²) in [6, 6.07) is 10.5. The first-order valence-electron chi connectivity index (χ1n) is 5.86. The Labute approximate surface area is 120 Å². The fourth-order valence-electron chi connectivity index (χ4n) is 1.58. The molecule has 0 atom stereocenters. The molecule has 0 spiro atoms. The van der Waals surface area contributed by atoms with Crippen molar-refractivity contribution in [3.63, 3.8) is 0 Å². The summed E-state index contributed by atoms with van der Waals surface area (Å²) in [6.07, 6.45) is 1.57. The SMILES string of the molecule is CNC(=O)c1cc(Sc2cccc(C(N)=O)c2)ccn1. The van der Waals surface area contributed by atoms with Crippen LogP contribution in [0, 0.1) is 0 Å². The first kappa shape index (κ1) is 14.1. The molecule has 2 rings (SSSR count). The number of rotatable bonds is 4. The summed E-state index contributed by atoms with van der Waals surface area (Å²) in [4.78, 5) is 28.4. The zero-order valence-electron chi connectivity index (χ0n) is 10.8. The lowest BCUT2D eigenvalue weighted by Gasteiger charge is -2.05. The maximum atomic E-state index is 11.5. The van der Waals surface area contributed by atoms with Gasteiger partial charge in [-0.3, -0.25) is 14.6 Å². The number of hydrogen-bond donors (Lipinski definition) is 2. The van der Waals surface area contributed by atoms with Gasteiger partial charge in [0.25, 0.3) is 5.91 Å². The lowest BCUT2D eigenvalue weighted by Crippen LogP contribution is -2.18. The molecule has 0 bridgehead atoms. The van der Waals surface area contributed by atoms with Crippen LogP contribution in [-0.4, -0.2) is 23.8 Å². The molecule has 102 valence electrons. The summed E-state index contributed by atoms with van der Waals surface area (Å²) >= 11 is 1.43. The highest BCUT2D eigenvalue weighted by atomic mass is 32.2. The first-order valence-corrected chi connectivity index (χ1v) is 6.67. The molecule has 2 amide bonds. The Kier molecular flexibility index (Phi) is 4.37. The van der Waals surface area contributed by atoms with E-state index in [9.17, 15) is 9.59 Å². The predicted molar refractivity (Wildman–Crippen MR) is 76.7 cm³/mol. The zero-order valence-corrected chi connectivity index (χ0v) is 11.6. The Hall–Kier alpha value is -2.34. The van der Waals surface area contributed by atoms with Crippen molar-refractivity contribution in [2.75, 3.05) is 7.05 Å². The summed E-state index contributed by atoms with van der Waals surface area (Å²) in [6.45, 7) is 0. The van der Waals surface area contributed by atoms with Gasteiger partial charge in [-0.1, -0.05) is 17.8 Å². The Morgan fingerprint density at radius 1 is 1.20 bits per heavy atom. The van der Waals surface area contributed by atoms with E-state index < -0.39 is 5.91 Å². The lowest BCUT2D eigenvalue weighted by molar-refractivity contribution is 0.0956. The van der Waals surface area contributed by atoms with Crippen molar-refractivity contribution in [3.05, 3.63) is 53.9 Å². The van der Waals surface area contributed by atoms with E-state index in [-0.39, 0.29) is 5.91 Å². The third-order valence-corrected chi connectivity index (χ3v) is 3.52. The van der Waals surface area contributed by atoms with Crippen LogP contribution in [0.25, 0.3) is 0 Å². The van der Waals surface area contributed by atoms with Gasteiger partial charge < -0.3 is 11.1 Å². The van der Waals surface area contributed by atoms with Gasteiger partial charge in [0.1, 0.15) is 5.69 Å². The topological polar surface area (TPSA) is 85.1 Å². The van der Waals surface area contributed by atoms with Crippen LogP contribution >= 0.6 is 11.8 Å². The average Bonchev–Trinajstić information content (AvgIpc) is 2.47. The Balaban J connectivity index is 2.24. The van der Waals surface area contributed by atoms with E-state index in [1.54, 1.807) is 43.6 Å². The van der Waals surface area contributed by atoms with E-state index in [1.165, 1.54) is 11.8 Å². The van der Waals surface area contributed by atoms with Crippen molar-refractivity contribution in [3.8, 4) is 0 Å². The maximum absolute atomic E-state index is 11.5. The van der Waals surface area contributed by atoms with Crippen LogP contribution in [0.4, 0.5) is 0 Å². The van der Waals surface area contributed by atoms with E-state index in [4.69, 9.17) is 5.73 Å². The third-order valence-electron chi connectivity index (χ3n) is 2.55. The second-order valence-electron chi connectivity index (χ2n) is 3.95. The van der Waals surface area contributed by atoms with E-state index in [2.05, 4.69) is 10.3 Å². The molecule has 5 nitrogen and oxygen atoms in total. The van der Waals surface area contributed by atoms with Crippen molar-refractivity contribution in [2.24, 2.45) is 5.73 Å². The summed E-state index contributed by atoms with van der Waals surface area (Å²) in [7, 11) is 1.56. The second kappa shape index (κ2) is 6.21. The molecular weight excluding hydrogens is 274 g/mol. The molecule has 0 radical (unpaired) electrons. The van der Waals surface area contributed by atoms with Crippen molar-refractivity contribution in [1.29, 1.82) is 0 Å². The molecule has 1 heterocycles. The van der Waals surface area contributed by atoms with Gasteiger partial charge in [0, 0.05) is 28.6 Å². The van der Waals surface area contributed by atoms with Gasteiger partial charge in [-0.25, -0.2) is 0 Å². The van der Waals surface area contributed by atoms with Crippen LogP contribution in [0.15, 0.2) is 52.4 Å². The molecule has 0 aliphatic heterocycles. The summed E-state index contributed by atoms with van der Waals surface area (Å²) in [5, 5.41) is 2.52. The van der Waals surface area contributed by atoms with Crippen LogP contribution in [0.3, 0.4) is 0 Å². The van der Waals surface area contributed by atoms with Crippen LogP contribution in [0.2, 0.25) is 0 Å². The highest BCUT2D eigenvalue weighted by Gasteiger charge is 2.07. The molecule has 0 fully saturated rings. The minimum Gasteiger partial charge on any atom is -0.366 e. The number of primary amides is 1. The molecule has 3 N–H and O–H groups in total. The van der Waals surface area contributed by atoms with Gasteiger partial charge in [-0.2, -0.15) is 0 Å². The molecule has 0 saturated carbocycles. The van der Waals surface area contributed by atoms with Gasteiger partial charge in [0.05, 0.1) is 0 Å². The Bertz CT molecular complexity index is 658. The summed E-state index contributed by atoms with van der Waals surface area (Å²) in [5.74, 6) is -0.702. The van der Waals surface area contributed by atoms with Crippen molar-refractivity contribution in [1.82, 2.24) is 10.3 Å². The largest absolute Gasteiger partial charge is 0.366 e. The van der Waals surface area contributed by atoms with Crippen LogP contribution in [-0.2, 0) is 0 Å². The van der Waals surface area contributed by atoms with Gasteiger partial charge in [0.2, 0.25) is 5.91 Å². The normalized spacial score (nSPS) is 10.1. The Morgan fingerprint density at radius 2 is 1.95 bits per heavy atom. The number of aromatic nitrogens is 1. The number of nitrogens with zero attached hydrogens (tertiary/aromatic N) is 1. The minimum absolute atomic E-state index is 0.238. The van der Waals surface area contributed by atoms with E-state index >= 15 is 0 Å². The fourth-order valence-corrected chi connectivity index (χ4v) is 2.48. The lowest BCUT2D eigenvalue weighted by atomic mass is 10.2. The van der Waals surface area contributed by atoms with Crippen LogP contribution < -0.4 is 11.1 Å². The van der Waals surface area contributed by atoms with Gasteiger partial charge in [-0.05, 0) is 30.3 Å². The molecule has 0 saturated heterocycles. The fraction of sp³-hybridized carbons (Fsp3) is 0.0714. The molecule has 1 aromatic carbocycles. The first-order chi connectivity index (χ1) is 9.60.